The number of rotatable bonds is 4. The number of carbonyl (C=O) groups excluding carboxylic acids is 1. The summed E-state index contributed by atoms with van der Waals surface area (Å²) in [6.07, 6.45) is 1.72. The Hall–Kier alpha value is -2.09. The summed E-state index contributed by atoms with van der Waals surface area (Å²) >= 11 is 0. The van der Waals surface area contributed by atoms with Crippen LogP contribution in [0.2, 0.25) is 0 Å². The molecule has 0 heterocycles. The van der Waals surface area contributed by atoms with Gasteiger partial charge in [0, 0.05) is 12.3 Å². The molecule has 1 saturated carbocycles. The second kappa shape index (κ2) is 5.49. The van der Waals surface area contributed by atoms with Crippen LogP contribution in [-0.2, 0) is 11.4 Å². The minimum atomic E-state index is 0.123. The van der Waals surface area contributed by atoms with Gasteiger partial charge in [0.05, 0.1) is 0 Å². The summed E-state index contributed by atoms with van der Waals surface area (Å²) in [6.45, 7) is 2.62. The van der Waals surface area contributed by atoms with E-state index in [1.165, 1.54) is 0 Å². The second-order valence-electron chi connectivity index (χ2n) is 5.35. The molecule has 2 heteroatoms. The maximum Gasteiger partial charge on any atom is 0.140 e. The van der Waals surface area contributed by atoms with Gasteiger partial charge < -0.3 is 4.74 Å². The minimum Gasteiger partial charge on any atom is -0.489 e. The van der Waals surface area contributed by atoms with Gasteiger partial charge in [-0.1, -0.05) is 36.4 Å². The van der Waals surface area contributed by atoms with Gasteiger partial charge in [-0.25, -0.2) is 0 Å². The first kappa shape index (κ1) is 12.9. The van der Waals surface area contributed by atoms with Gasteiger partial charge in [0.2, 0.25) is 0 Å². The van der Waals surface area contributed by atoms with Crippen molar-refractivity contribution in [1.82, 2.24) is 0 Å². The van der Waals surface area contributed by atoms with Gasteiger partial charge >= 0.3 is 0 Å². The first-order valence-corrected chi connectivity index (χ1v) is 7.04. The van der Waals surface area contributed by atoms with Gasteiger partial charge in [0.15, 0.2) is 0 Å². The molecule has 1 unspecified atom stereocenters. The monoisotopic (exact) mass is 266 g/mol. The number of ether oxygens (including phenoxy) is 1. The van der Waals surface area contributed by atoms with E-state index in [4.69, 9.17) is 4.74 Å². The van der Waals surface area contributed by atoms with Crippen molar-refractivity contribution >= 4 is 5.78 Å². The third-order valence-electron chi connectivity index (χ3n) is 3.93. The normalized spacial score (nSPS) is 17.6. The molecule has 1 atom stereocenters. The fourth-order valence-corrected chi connectivity index (χ4v) is 2.61. The molecule has 102 valence electrons. The predicted octanol–water partition coefficient (Wildman–Crippen LogP) is 4.02. The minimum absolute atomic E-state index is 0.123. The van der Waals surface area contributed by atoms with Crippen LogP contribution in [0.5, 0.6) is 5.75 Å². The Labute approximate surface area is 119 Å². The van der Waals surface area contributed by atoms with Gasteiger partial charge in [0.25, 0.3) is 0 Å². The quantitative estimate of drug-likeness (QED) is 0.835. The maximum absolute atomic E-state index is 11.5. The molecule has 2 aromatic rings. The smallest absolute Gasteiger partial charge is 0.140 e. The fraction of sp³-hybridized carbons (Fsp3) is 0.278. The molecule has 0 saturated heterocycles. The fourth-order valence-electron chi connectivity index (χ4n) is 2.61. The van der Waals surface area contributed by atoms with Crippen molar-refractivity contribution in [3.05, 3.63) is 65.2 Å². The van der Waals surface area contributed by atoms with E-state index >= 15 is 0 Å². The highest BCUT2D eigenvalue weighted by Gasteiger charge is 2.30. The molecule has 2 aromatic carbocycles. The first-order valence-electron chi connectivity index (χ1n) is 7.04. The van der Waals surface area contributed by atoms with Gasteiger partial charge in [-0.3, -0.25) is 4.79 Å². The van der Waals surface area contributed by atoms with Gasteiger partial charge in [0.1, 0.15) is 18.1 Å². The Morgan fingerprint density at radius 3 is 2.55 bits per heavy atom. The lowest BCUT2D eigenvalue weighted by molar-refractivity contribution is -0.125. The lowest BCUT2D eigenvalue weighted by atomic mass is 9.77. The van der Waals surface area contributed by atoms with Crippen molar-refractivity contribution in [3.63, 3.8) is 0 Å². The Bertz CT molecular complexity index is 617. The summed E-state index contributed by atoms with van der Waals surface area (Å²) < 4.78 is 5.80. The van der Waals surface area contributed by atoms with Crippen LogP contribution in [0.4, 0.5) is 0 Å². The average Bonchev–Trinajstić information content (AvgIpc) is 2.47. The molecular weight excluding hydrogens is 248 g/mol. The third kappa shape index (κ3) is 2.60. The van der Waals surface area contributed by atoms with Crippen molar-refractivity contribution < 1.29 is 9.53 Å². The van der Waals surface area contributed by atoms with Crippen LogP contribution in [0, 0.1) is 6.92 Å². The molecule has 2 nitrogen and oxygen atoms in total. The van der Waals surface area contributed by atoms with Gasteiger partial charge in [-0.05, 0) is 42.2 Å². The summed E-state index contributed by atoms with van der Waals surface area (Å²) in [5.74, 6) is 1.35. The number of aryl methyl sites for hydroxylation is 1. The van der Waals surface area contributed by atoms with Gasteiger partial charge in [-0.15, -0.1) is 0 Å². The highest BCUT2D eigenvalue weighted by molar-refractivity contribution is 5.91. The first-order chi connectivity index (χ1) is 9.74. The van der Waals surface area contributed by atoms with Crippen LogP contribution in [0.1, 0.15) is 35.4 Å². The molecular formula is C18H18O2. The van der Waals surface area contributed by atoms with Crippen LogP contribution in [0.3, 0.4) is 0 Å². The van der Waals surface area contributed by atoms with Crippen LogP contribution in [-0.4, -0.2) is 5.78 Å². The second-order valence-corrected chi connectivity index (χ2v) is 5.35. The molecule has 0 aromatic heterocycles. The SMILES string of the molecule is Cc1cc(OCc2ccccc2)ccc1C1CCC1=O. The molecule has 0 radical (unpaired) electrons. The number of benzene rings is 2. The number of Topliss-reactive ketones (excluding diaryl/α,β-unsaturated/α-hetero) is 1. The highest BCUT2D eigenvalue weighted by atomic mass is 16.5. The summed E-state index contributed by atoms with van der Waals surface area (Å²) in [4.78, 5) is 11.5. The molecule has 0 aliphatic heterocycles. The molecule has 0 N–H and O–H groups in total. The maximum atomic E-state index is 11.5. The number of ketones is 1. The zero-order valence-corrected chi connectivity index (χ0v) is 11.6. The van der Waals surface area contributed by atoms with E-state index in [0.29, 0.717) is 12.4 Å². The summed E-state index contributed by atoms with van der Waals surface area (Å²) in [6, 6.07) is 16.2. The van der Waals surface area contributed by atoms with Crippen LogP contribution in [0.25, 0.3) is 0 Å². The van der Waals surface area contributed by atoms with Crippen molar-refractivity contribution in [2.75, 3.05) is 0 Å². The van der Waals surface area contributed by atoms with E-state index in [-0.39, 0.29) is 5.92 Å². The number of carbonyl (C=O) groups is 1. The molecule has 0 amide bonds. The van der Waals surface area contributed by atoms with E-state index < -0.39 is 0 Å². The van der Waals surface area contributed by atoms with Gasteiger partial charge in [-0.2, -0.15) is 0 Å². The van der Waals surface area contributed by atoms with E-state index in [2.05, 4.69) is 6.92 Å². The van der Waals surface area contributed by atoms with Crippen LogP contribution < -0.4 is 4.74 Å². The van der Waals surface area contributed by atoms with Crippen molar-refractivity contribution in [3.8, 4) is 5.75 Å². The number of hydrogen-bond acceptors (Lipinski definition) is 2. The van der Waals surface area contributed by atoms with Crippen molar-refractivity contribution in [1.29, 1.82) is 0 Å². The Kier molecular flexibility index (Phi) is 3.55. The molecule has 20 heavy (non-hydrogen) atoms. The van der Waals surface area contributed by atoms with Crippen LogP contribution >= 0.6 is 0 Å². The molecule has 0 spiro atoms. The largest absolute Gasteiger partial charge is 0.489 e. The highest BCUT2D eigenvalue weighted by Crippen LogP contribution is 2.35. The number of hydrogen-bond donors (Lipinski definition) is 0. The standard InChI is InChI=1S/C18H18O2/c1-13-11-15(20-12-14-5-3-2-4-6-14)7-8-16(13)17-9-10-18(17)19/h2-8,11,17H,9-10,12H2,1H3. The van der Waals surface area contributed by atoms with E-state index in [1.807, 2.05) is 48.5 Å². The molecule has 1 fully saturated rings. The summed E-state index contributed by atoms with van der Waals surface area (Å²) in [5, 5.41) is 0. The van der Waals surface area contributed by atoms with Crippen molar-refractivity contribution in [2.45, 2.75) is 32.3 Å². The lowest BCUT2D eigenvalue weighted by Gasteiger charge is -2.26. The molecule has 0 bridgehead atoms. The molecule has 1 aliphatic carbocycles. The lowest BCUT2D eigenvalue weighted by Crippen LogP contribution is -2.23. The Balaban J connectivity index is 1.69. The summed E-state index contributed by atoms with van der Waals surface area (Å²) in [7, 11) is 0. The summed E-state index contributed by atoms with van der Waals surface area (Å²) in [5.41, 5.74) is 3.46. The van der Waals surface area contributed by atoms with E-state index in [0.717, 1.165) is 35.3 Å². The Morgan fingerprint density at radius 2 is 1.95 bits per heavy atom. The molecule has 3 rings (SSSR count). The van der Waals surface area contributed by atoms with Crippen LogP contribution in [0.15, 0.2) is 48.5 Å². The van der Waals surface area contributed by atoms with E-state index in [1.54, 1.807) is 0 Å². The molecule has 1 aliphatic rings. The zero-order valence-electron chi connectivity index (χ0n) is 11.6. The van der Waals surface area contributed by atoms with E-state index in [9.17, 15) is 4.79 Å². The average molecular weight is 266 g/mol. The predicted molar refractivity (Wildman–Crippen MR) is 78.9 cm³/mol. The Morgan fingerprint density at radius 1 is 1.15 bits per heavy atom. The third-order valence-corrected chi connectivity index (χ3v) is 3.93. The zero-order chi connectivity index (χ0) is 13.9. The topological polar surface area (TPSA) is 26.3 Å². The van der Waals surface area contributed by atoms with Crippen molar-refractivity contribution in [2.24, 2.45) is 0 Å².